The van der Waals surface area contributed by atoms with E-state index in [1.807, 2.05) is 18.7 Å². The second-order valence-corrected chi connectivity index (χ2v) is 7.54. The van der Waals surface area contributed by atoms with Crippen molar-refractivity contribution in [2.75, 3.05) is 39.4 Å². The molecule has 2 saturated heterocycles. The molecule has 2 aliphatic rings. The molecule has 0 unspecified atom stereocenters. The highest BCUT2D eigenvalue weighted by Crippen LogP contribution is 2.30. The lowest BCUT2D eigenvalue weighted by molar-refractivity contribution is -0.135. The molecule has 1 aromatic rings. The number of hydrogen-bond acceptors (Lipinski definition) is 3. The van der Waals surface area contributed by atoms with Crippen molar-refractivity contribution in [3.63, 3.8) is 0 Å². The number of likely N-dealkylation sites (tertiary alicyclic amines) is 1. The van der Waals surface area contributed by atoms with Crippen LogP contribution in [0.4, 0.5) is 4.39 Å². The second-order valence-electron chi connectivity index (χ2n) is 7.54. The molecule has 2 heterocycles. The number of hydrogen-bond donors (Lipinski definition) is 0. The van der Waals surface area contributed by atoms with Crippen LogP contribution >= 0.6 is 0 Å². The summed E-state index contributed by atoms with van der Waals surface area (Å²) in [6.45, 7) is 11.1. The number of amides is 1. The topological polar surface area (TPSA) is 32.8 Å². The van der Waals surface area contributed by atoms with Crippen molar-refractivity contribution in [3.05, 3.63) is 35.6 Å². The van der Waals surface area contributed by atoms with Gasteiger partial charge in [-0.3, -0.25) is 9.69 Å². The van der Waals surface area contributed by atoms with Crippen LogP contribution in [0.2, 0.25) is 0 Å². The van der Waals surface area contributed by atoms with E-state index in [-0.39, 0.29) is 11.7 Å². The van der Waals surface area contributed by atoms with Crippen LogP contribution in [0.15, 0.2) is 24.3 Å². The molecule has 24 heavy (non-hydrogen) atoms. The van der Waals surface area contributed by atoms with Crippen LogP contribution < -0.4 is 0 Å². The van der Waals surface area contributed by atoms with Crippen molar-refractivity contribution in [3.8, 4) is 0 Å². The van der Waals surface area contributed by atoms with E-state index in [1.54, 1.807) is 12.1 Å². The van der Waals surface area contributed by atoms with Crippen LogP contribution in [0.1, 0.15) is 26.3 Å². The van der Waals surface area contributed by atoms with Crippen molar-refractivity contribution in [2.45, 2.75) is 32.2 Å². The molecule has 1 aromatic carbocycles. The van der Waals surface area contributed by atoms with Gasteiger partial charge in [0.1, 0.15) is 5.82 Å². The van der Waals surface area contributed by atoms with Gasteiger partial charge in [0.2, 0.25) is 5.91 Å². The number of rotatable bonds is 3. The number of carbonyl (C=O) groups excluding carboxylic acids is 1. The van der Waals surface area contributed by atoms with Gasteiger partial charge in [0.15, 0.2) is 0 Å². The summed E-state index contributed by atoms with van der Waals surface area (Å²) >= 11 is 0. The second kappa shape index (κ2) is 6.81. The molecule has 4 nitrogen and oxygen atoms in total. The summed E-state index contributed by atoms with van der Waals surface area (Å²) in [7, 11) is 0. The maximum atomic E-state index is 13.2. The average Bonchev–Trinajstić information content (AvgIpc) is 2.97. The van der Waals surface area contributed by atoms with Crippen LogP contribution in [0.5, 0.6) is 0 Å². The number of ether oxygens (including phenoxy) is 1. The Balaban J connectivity index is 1.71. The minimum atomic E-state index is -0.646. The molecule has 0 spiro atoms. The van der Waals surface area contributed by atoms with Gasteiger partial charge < -0.3 is 9.64 Å². The van der Waals surface area contributed by atoms with Gasteiger partial charge >= 0.3 is 0 Å². The van der Waals surface area contributed by atoms with Gasteiger partial charge in [-0.15, -0.1) is 0 Å². The van der Waals surface area contributed by atoms with E-state index < -0.39 is 5.41 Å². The van der Waals surface area contributed by atoms with Crippen LogP contribution in [0.3, 0.4) is 0 Å². The molecule has 5 heteroatoms. The molecule has 2 fully saturated rings. The quantitative estimate of drug-likeness (QED) is 0.850. The lowest BCUT2D eigenvalue weighted by Crippen LogP contribution is -2.48. The summed E-state index contributed by atoms with van der Waals surface area (Å²) in [6, 6.07) is 6.68. The molecule has 0 N–H and O–H groups in total. The Morgan fingerprint density at radius 2 is 1.79 bits per heavy atom. The monoisotopic (exact) mass is 334 g/mol. The lowest BCUT2D eigenvalue weighted by Gasteiger charge is -2.34. The van der Waals surface area contributed by atoms with E-state index in [1.165, 1.54) is 12.1 Å². The fraction of sp³-hybridized carbons (Fsp3) is 0.632. The van der Waals surface area contributed by atoms with E-state index in [2.05, 4.69) is 11.8 Å². The Kier molecular flexibility index (Phi) is 4.92. The molecule has 132 valence electrons. The lowest BCUT2D eigenvalue weighted by atomic mass is 9.83. The zero-order chi connectivity index (χ0) is 17.3. The summed E-state index contributed by atoms with van der Waals surface area (Å²) in [5.74, 6) is 0.303. The Morgan fingerprint density at radius 3 is 2.42 bits per heavy atom. The Hall–Kier alpha value is -1.46. The zero-order valence-electron chi connectivity index (χ0n) is 14.8. The van der Waals surface area contributed by atoms with Gasteiger partial charge in [-0.2, -0.15) is 0 Å². The highest BCUT2D eigenvalue weighted by molar-refractivity contribution is 5.87. The summed E-state index contributed by atoms with van der Waals surface area (Å²) in [5.41, 5.74) is 0.212. The third kappa shape index (κ3) is 3.33. The Bertz CT molecular complexity index is 582. The van der Waals surface area contributed by atoms with Gasteiger partial charge in [-0.1, -0.05) is 19.1 Å². The van der Waals surface area contributed by atoms with Gasteiger partial charge in [-0.25, -0.2) is 4.39 Å². The first-order valence-electron chi connectivity index (χ1n) is 8.77. The first-order valence-corrected chi connectivity index (χ1v) is 8.77. The normalized spacial score (nSPS) is 25.9. The third-order valence-corrected chi connectivity index (χ3v) is 5.48. The molecular formula is C19H27FN2O2. The van der Waals surface area contributed by atoms with Crippen LogP contribution in [0, 0.1) is 11.7 Å². The van der Waals surface area contributed by atoms with Crippen molar-refractivity contribution < 1.29 is 13.9 Å². The van der Waals surface area contributed by atoms with E-state index in [9.17, 15) is 9.18 Å². The predicted octanol–water partition coefficient (Wildman–Crippen LogP) is 2.28. The highest BCUT2D eigenvalue weighted by Gasteiger charge is 2.41. The summed E-state index contributed by atoms with van der Waals surface area (Å²) < 4.78 is 18.6. The Labute approximate surface area is 143 Å². The van der Waals surface area contributed by atoms with E-state index in [4.69, 9.17) is 4.74 Å². The average molecular weight is 334 g/mol. The van der Waals surface area contributed by atoms with Crippen molar-refractivity contribution in [2.24, 2.45) is 5.92 Å². The first kappa shape index (κ1) is 17.4. The summed E-state index contributed by atoms with van der Waals surface area (Å²) in [4.78, 5) is 17.5. The summed E-state index contributed by atoms with van der Waals surface area (Å²) in [5, 5.41) is 0. The maximum Gasteiger partial charge on any atom is 0.232 e. The Morgan fingerprint density at radius 1 is 1.17 bits per heavy atom. The van der Waals surface area contributed by atoms with E-state index in [0.29, 0.717) is 12.0 Å². The number of benzene rings is 1. The largest absolute Gasteiger partial charge is 0.379 e. The predicted molar refractivity (Wildman–Crippen MR) is 91.4 cm³/mol. The van der Waals surface area contributed by atoms with Crippen molar-refractivity contribution in [1.29, 1.82) is 0 Å². The number of morpholine rings is 1. The van der Waals surface area contributed by atoms with Gasteiger partial charge in [-0.05, 0) is 37.5 Å². The molecule has 2 aliphatic heterocycles. The molecule has 3 rings (SSSR count). The highest BCUT2D eigenvalue weighted by atomic mass is 19.1. The van der Waals surface area contributed by atoms with E-state index in [0.717, 1.165) is 45.0 Å². The molecule has 0 saturated carbocycles. The maximum absolute atomic E-state index is 13.2. The van der Waals surface area contributed by atoms with Crippen LogP contribution in [-0.4, -0.2) is 61.1 Å². The molecule has 0 aliphatic carbocycles. The van der Waals surface area contributed by atoms with Crippen LogP contribution in [0.25, 0.3) is 0 Å². The van der Waals surface area contributed by atoms with Gasteiger partial charge in [0.05, 0.1) is 18.6 Å². The molecule has 1 amide bonds. The van der Waals surface area contributed by atoms with Gasteiger partial charge in [0, 0.05) is 32.2 Å². The fourth-order valence-corrected chi connectivity index (χ4v) is 3.89. The fourth-order valence-electron chi connectivity index (χ4n) is 3.89. The SMILES string of the molecule is C[C@H]1CN(C(=O)C(C)(C)c2ccc(F)cc2)C[C@@H]1N1CCOCC1. The molecule has 2 atom stereocenters. The molecule has 0 radical (unpaired) electrons. The minimum Gasteiger partial charge on any atom is -0.379 e. The van der Waals surface area contributed by atoms with Crippen molar-refractivity contribution >= 4 is 5.91 Å². The zero-order valence-corrected chi connectivity index (χ0v) is 14.8. The molecule has 0 aromatic heterocycles. The standard InChI is InChI=1S/C19H27FN2O2/c1-14-12-22(13-17(14)21-8-10-24-11-9-21)18(23)19(2,3)15-4-6-16(20)7-5-15/h4-7,14,17H,8-13H2,1-3H3/t14-,17-/m0/s1. The third-order valence-electron chi connectivity index (χ3n) is 5.48. The first-order chi connectivity index (χ1) is 11.4. The molecule has 0 bridgehead atoms. The van der Waals surface area contributed by atoms with Crippen molar-refractivity contribution in [1.82, 2.24) is 9.80 Å². The van der Waals surface area contributed by atoms with Crippen LogP contribution in [-0.2, 0) is 14.9 Å². The van der Waals surface area contributed by atoms with E-state index >= 15 is 0 Å². The number of halogens is 1. The number of nitrogens with zero attached hydrogens (tertiary/aromatic N) is 2. The number of carbonyl (C=O) groups is 1. The smallest absolute Gasteiger partial charge is 0.232 e. The minimum absolute atomic E-state index is 0.122. The summed E-state index contributed by atoms with van der Waals surface area (Å²) in [6.07, 6.45) is 0. The molecular weight excluding hydrogens is 307 g/mol. The van der Waals surface area contributed by atoms with Gasteiger partial charge in [0.25, 0.3) is 0 Å².